The number of hydrogen-bond acceptors (Lipinski definition) is 7. The van der Waals surface area contributed by atoms with Gasteiger partial charge in [-0.3, -0.25) is 19.2 Å². The van der Waals surface area contributed by atoms with Crippen molar-refractivity contribution < 1.29 is 34.2 Å². The smallest absolute Gasteiger partial charge is 0.326 e. The number of carboxylic acid groups (broad SMARTS) is 1. The normalized spacial score (nSPS) is 17.9. The molecule has 1 aromatic rings. The highest BCUT2D eigenvalue weighted by Crippen LogP contribution is 2.19. The number of carboxylic acids is 1. The molecule has 4 amide bonds. The lowest BCUT2D eigenvalue weighted by Crippen LogP contribution is -2.57. The van der Waals surface area contributed by atoms with Gasteiger partial charge in [0.25, 0.3) is 0 Å². The SMILES string of the molecule is CC(N)C(=O)N1CCCC1C(=O)NC(Cc1ccc(O)cc1)C(=O)NC(CCC(N)=O)C(=O)O. The monoisotopic (exact) mass is 477 g/mol. The van der Waals surface area contributed by atoms with Crippen LogP contribution in [-0.4, -0.2) is 75.4 Å². The number of aromatic hydroxyl groups is 1. The van der Waals surface area contributed by atoms with Crippen molar-refractivity contribution in [2.75, 3.05) is 6.54 Å². The van der Waals surface area contributed by atoms with Crippen LogP contribution in [0.15, 0.2) is 24.3 Å². The maximum Gasteiger partial charge on any atom is 0.326 e. The summed E-state index contributed by atoms with van der Waals surface area (Å²) in [6, 6.07) is 1.79. The van der Waals surface area contributed by atoms with Gasteiger partial charge < -0.3 is 37.2 Å². The van der Waals surface area contributed by atoms with Crippen LogP contribution in [0.2, 0.25) is 0 Å². The number of carbonyl (C=O) groups is 5. The highest BCUT2D eigenvalue weighted by Gasteiger charge is 2.37. The number of aliphatic carboxylic acids is 1. The van der Waals surface area contributed by atoms with E-state index in [1.165, 1.54) is 24.0 Å². The summed E-state index contributed by atoms with van der Waals surface area (Å²) in [5.74, 6) is -3.77. The van der Waals surface area contributed by atoms with Crippen LogP contribution < -0.4 is 22.1 Å². The number of nitrogens with one attached hydrogen (secondary N) is 2. The molecule has 1 saturated heterocycles. The molecule has 34 heavy (non-hydrogen) atoms. The number of phenols is 1. The number of hydrogen-bond donors (Lipinski definition) is 6. The third kappa shape index (κ3) is 7.44. The van der Waals surface area contributed by atoms with Gasteiger partial charge in [-0.1, -0.05) is 12.1 Å². The maximum absolute atomic E-state index is 13.0. The summed E-state index contributed by atoms with van der Waals surface area (Å²) in [5.41, 5.74) is 11.4. The molecule has 0 spiro atoms. The van der Waals surface area contributed by atoms with Crippen LogP contribution in [0.25, 0.3) is 0 Å². The molecule has 1 aliphatic rings. The Balaban J connectivity index is 2.21. The van der Waals surface area contributed by atoms with Crippen LogP contribution >= 0.6 is 0 Å². The first-order valence-electron chi connectivity index (χ1n) is 11.0. The molecular weight excluding hydrogens is 446 g/mol. The van der Waals surface area contributed by atoms with Gasteiger partial charge in [0.1, 0.15) is 23.9 Å². The molecule has 8 N–H and O–H groups in total. The first kappa shape index (κ1) is 26.6. The third-order valence-corrected chi connectivity index (χ3v) is 5.53. The number of carbonyl (C=O) groups excluding carboxylic acids is 4. The molecule has 0 saturated carbocycles. The second kappa shape index (κ2) is 12.0. The number of likely N-dealkylation sites (tertiary alicyclic amines) is 1. The van der Waals surface area contributed by atoms with Crippen molar-refractivity contribution in [1.82, 2.24) is 15.5 Å². The van der Waals surface area contributed by atoms with Crippen LogP contribution in [0, 0.1) is 0 Å². The Morgan fingerprint density at radius 3 is 2.32 bits per heavy atom. The van der Waals surface area contributed by atoms with E-state index in [9.17, 15) is 34.2 Å². The van der Waals surface area contributed by atoms with Crippen molar-refractivity contribution in [1.29, 1.82) is 0 Å². The summed E-state index contributed by atoms with van der Waals surface area (Å²) in [5, 5.41) is 23.9. The van der Waals surface area contributed by atoms with E-state index in [1.807, 2.05) is 0 Å². The van der Waals surface area contributed by atoms with Gasteiger partial charge in [-0.2, -0.15) is 0 Å². The Bertz CT molecular complexity index is 919. The zero-order valence-corrected chi connectivity index (χ0v) is 18.9. The van der Waals surface area contributed by atoms with E-state index in [0.717, 1.165) is 0 Å². The lowest BCUT2D eigenvalue weighted by Gasteiger charge is -2.28. The molecule has 0 radical (unpaired) electrons. The maximum atomic E-state index is 13.0. The van der Waals surface area contributed by atoms with Gasteiger partial charge in [0.05, 0.1) is 6.04 Å². The number of nitrogens with two attached hydrogens (primary N) is 2. The summed E-state index contributed by atoms with van der Waals surface area (Å²) in [7, 11) is 0. The average molecular weight is 478 g/mol. The Morgan fingerprint density at radius 2 is 1.76 bits per heavy atom. The standard InChI is InChI=1S/C22H31N5O7/c1-12(23)21(32)27-10-2-3-17(27)20(31)26-16(11-13-4-6-14(28)7-5-13)19(30)25-15(22(33)34)8-9-18(24)29/h4-7,12,15-17,28H,2-3,8-11,23H2,1H3,(H2,24,29)(H,25,30)(H,26,31)(H,33,34). The average Bonchev–Trinajstić information content (AvgIpc) is 3.26. The lowest BCUT2D eigenvalue weighted by atomic mass is 10.0. The Labute approximate surface area is 196 Å². The van der Waals surface area contributed by atoms with Crippen molar-refractivity contribution in [3.8, 4) is 5.75 Å². The quantitative estimate of drug-likeness (QED) is 0.223. The van der Waals surface area contributed by atoms with E-state index in [4.69, 9.17) is 11.5 Å². The van der Waals surface area contributed by atoms with Gasteiger partial charge in [-0.25, -0.2) is 4.79 Å². The molecule has 0 aromatic heterocycles. The molecule has 0 aliphatic carbocycles. The number of rotatable bonds is 11. The van der Waals surface area contributed by atoms with Gasteiger partial charge in [-0.15, -0.1) is 0 Å². The molecule has 0 bridgehead atoms. The Morgan fingerprint density at radius 1 is 1.12 bits per heavy atom. The van der Waals surface area contributed by atoms with E-state index >= 15 is 0 Å². The molecule has 12 nitrogen and oxygen atoms in total. The number of amides is 4. The first-order chi connectivity index (χ1) is 16.0. The molecular formula is C22H31N5O7. The predicted octanol–water partition coefficient (Wildman–Crippen LogP) is -1.41. The zero-order chi connectivity index (χ0) is 25.4. The number of benzene rings is 1. The van der Waals surface area contributed by atoms with Crippen molar-refractivity contribution in [2.45, 2.75) is 63.2 Å². The fraction of sp³-hybridized carbons (Fsp3) is 0.500. The molecule has 186 valence electrons. The van der Waals surface area contributed by atoms with Crippen molar-refractivity contribution in [3.05, 3.63) is 29.8 Å². The first-order valence-corrected chi connectivity index (χ1v) is 11.0. The number of primary amides is 1. The number of nitrogens with zero attached hydrogens (tertiary/aromatic N) is 1. The van der Waals surface area contributed by atoms with Gasteiger partial charge in [0.15, 0.2) is 0 Å². The van der Waals surface area contributed by atoms with Crippen molar-refractivity contribution in [2.24, 2.45) is 11.5 Å². The second-order valence-electron chi connectivity index (χ2n) is 8.31. The molecule has 4 atom stereocenters. The van der Waals surface area contributed by atoms with Crippen LogP contribution in [0.5, 0.6) is 5.75 Å². The van der Waals surface area contributed by atoms with Gasteiger partial charge in [0, 0.05) is 19.4 Å². The highest BCUT2D eigenvalue weighted by molar-refractivity contribution is 5.94. The van der Waals surface area contributed by atoms with Gasteiger partial charge in [-0.05, 0) is 43.9 Å². The fourth-order valence-electron chi connectivity index (χ4n) is 3.73. The molecule has 1 aromatic carbocycles. The van der Waals surface area contributed by atoms with Gasteiger partial charge >= 0.3 is 5.97 Å². The van der Waals surface area contributed by atoms with Crippen LogP contribution in [-0.2, 0) is 30.4 Å². The highest BCUT2D eigenvalue weighted by atomic mass is 16.4. The Hall–Kier alpha value is -3.67. The van der Waals surface area contributed by atoms with Crippen LogP contribution in [0.4, 0.5) is 0 Å². The summed E-state index contributed by atoms with van der Waals surface area (Å²) in [6.45, 7) is 1.89. The topological polar surface area (TPSA) is 205 Å². The largest absolute Gasteiger partial charge is 0.508 e. The molecule has 4 unspecified atom stereocenters. The minimum absolute atomic E-state index is 0.00598. The van der Waals surface area contributed by atoms with E-state index in [1.54, 1.807) is 12.1 Å². The Kier molecular flexibility index (Phi) is 9.36. The predicted molar refractivity (Wildman–Crippen MR) is 120 cm³/mol. The van der Waals surface area contributed by atoms with Crippen molar-refractivity contribution >= 4 is 29.6 Å². The molecule has 1 heterocycles. The molecule has 12 heteroatoms. The van der Waals surface area contributed by atoms with Crippen LogP contribution in [0.3, 0.4) is 0 Å². The summed E-state index contributed by atoms with van der Waals surface area (Å²) >= 11 is 0. The van der Waals surface area contributed by atoms with Gasteiger partial charge in [0.2, 0.25) is 23.6 Å². The van der Waals surface area contributed by atoms with E-state index < -0.39 is 47.9 Å². The molecule has 1 fully saturated rings. The molecule has 2 rings (SSSR count). The number of phenolic OH excluding ortho intramolecular Hbond substituents is 1. The lowest BCUT2D eigenvalue weighted by molar-refractivity contribution is -0.143. The summed E-state index contributed by atoms with van der Waals surface area (Å²) < 4.78 is 0. The van der Waals surface area contributed by atoms with Crippen LogP contribution in [0.1, 0.15) is 38.2 Å². The zero-order valence-electron chi connectivity index (χ0n) is 18.9. The van der Waals surface area contributed by atoms with Crippen molar-refractivity contribution in [3.63, 3.8) is 0 Å². The summed E-state index contributed by atoms with van der Waals surface area (Å²) in [4.78, 5) is 62.3. The van der Waals surface area contributed by atoms with E-state index in [-0.39, 0.29) is 30.9 Å². The minimum Gasteiger partial charge on any atom is -0.508 e. The minimum atomic E-state index is -1.39. The summed E-state index contributed by atoms with van der Waals surface area (Å²) in [6.07, 6.45) is 0.528. The molecule has 1 aliphatic heterocycles. The van der Waals surface area contributed by atoms with E-state index in [0.29, 0.717) is 24.9 Å². The van der Waals surface area contributed by atoms with E-state index in [2.05, 4.69) is 10.6 Å². The second-order valence-corrected chi connectivity index (χ2v) is 8.31. The third-order valence-electron chi connectivity index (χ3n) is 5.53. The fourth-order valence-corrected chi connectivity index (χ4v) is 3.73.